The minimum absolute atomic E-state index is 0.673. The van der Waals surface area contributed by atoms with E-state index in [0.29, 0.717) is 6.61 Å². The van der Waals surface area contributed by atoms with E-state index >= 15 is 0 Å². The van der Waals surface area contributed by atoms with Crippen molar-refractivity contribution in [3.63, 3.8) is 0 Å². The minimum Gasteiger partial charge on any atom is -0.383 e. The van der Waals surface area contributed by atoms with E-state index in [1.165, 1.54) is 0 Å². The molecule has 0 aliphatic heterocycles. The molecule has 96 valence electrons. The highest BCUT2D eigenvalue weighted by Crippen LogP contribution is 2.21. The average molecular weight is 238 g/mol. The lowest BCUT2D eigenvalue weighted by Crippen LogP contribution is -2.13. The predicted octanol–water partition coefficient (Wildman–Crippen LogP) is 1.92. The fourth-order valence-electron chi connectivity index (χ4n) is 1.64. The van der Waals surface area contributed by atoms with Crippen LogP contribution >= 0.6 is 0 Å². The minimum atomic E-state index is 0.673. The summed E-state index contributed by atoms with van der Waals surface area (Å²) in [7, 11) is 1.69. The molecule has 0 spiro atoms. The van der Waals surface area contributed by atoms with Crippen molar-refractivity contribution in [1.29, 1.82) is 0 Å². The van der Waals surface area contributed by atoms with E-state index in [9.17, 15) is 0 Å². The molecule has 1 aromatic heterocycles. The number of rotatable bonds is 8. The molecular formula is C12H22N4O. The third-order valence-electron chi connectivity index (χ3n) is 2.39. The molecule has 1 rings (SSSR count). The number of aromatic nitrogens is 2. The van der Waals surface area contributed by atoms with Crippen LogP contribution in [0.2, 0.25) is 0 Å². The van der Waals surface area contributed by atoms with Crippen LogP contribution in [-0.4, -0.2) is 36.8 Å². The highest BCUT2D eigenvalue weighted by atomic mass is 16.5. The van der Waals surface area contributed by atoms with Crippen molar-refractivity contribution < 1.29 is 4.74 Å². The lowest BCUT2D eigenvalue weighted by atomic mass is 10.1. The van der Waals surface area contributed by atoms with Crippen molar-refractivity contribution in [3.05, 3.63) is 11.9 Å². The Morgan fingerprint density at radius 1 is 1.18 bits per heavy atom. The summed E-state index contributed by atoms with van der Waals surface area (Å²) in [5.74, 6) is 1.85. The monoisotopic (exact) mass is 238 g/mol. The van der Waals surface area contributed by atoms with Crippen molar-refractivity contribution in [3.8, 4) is 0 Å². The Morgan fingerprint density at radius 3 is 2.47 bits per heavy atom. The number of hydrogen-bond acceptors (Lipinski definition) is 5. The van der Waals surface area contributed by atoms with Crippen LogP contribution < -0.4 is 10.6 Å². The van der Waals surface area contributed by atoms with E-state index in [-0.39, 0.29) is 0 Å². The van der Waals surface area contributed by atoms with Gasteiger partial charge in [-0.1, -0.05) is 13.3 Å². The molecule has 1 heterocycles. The van der Waals surface area contributed by atoms with E-state index in [2.05, 4.69) is 34.4 Å². The number of nitrogens with zero attached hydrogens (tertiary/aromatic N) is 2. The first kappa shape index (κ1) is 13.7. The standard InChI is InChI=1S/C12H22N4O/c1-4-6-10-11(13-5-2)15-9-16-12(10)14-7-8-17-3/h9H,4-8H2,1-3H3,(H2,13,14,15,16). The zero-order valence-electron chi connectivity index (χ0n) is 10.9. The van der Waals surface area contributed by atoms with E-state index in [0.717, 1.165) is 43.1 Å². The first-order valence-corrected chi connectivity index (χ1v) is 6.14. The number of nitrogens with one attached hydrogen (secondary N) is 2. The van der Waals surface area contributed by atoms with Gasteiger partial charge in [0.15, 0.2) is 0 Å². The van der Waals surface area contributed by atoms with Crippen molar-refractivity contribution in [2.45, 2.75) is 26.7 Å². The van der Waals surface area contributed by atoms with Gasteiger partial charge < -0.3 is 15.4 Å². The lowest BCUT2D eigenvalue weighted by molar-refractivity contribution is 0.210. The number of ether oxygens (including phenoxy) is 1. The Bertz CT molecular complexity index is 330. The third kappa shape index (κ3) is 4.19. The van der Waals surface area contributed by atoms with Gasteiger partial charge in [0.05, 0.1) is 6.61 Å². The van der Waals surface area contributed by atoms with Crippen molar-refractivity contribution in [2.24, 2.45) is 0 Å². The van der Waals surface area contributed by atoms with Crippen LogP contribution in [0.3, 0.4) is 0 Å². The second-order valence-corrected chi connectivity index (χ2v) is 3.75. The van der Waals surface area contributed by atoms with Crippen LogP contribution in [0.1, 0.15) is 25.8 Å². The van der Waals surface area contributed by atoms with E-state index in [1.807, 2.05) is 0 Å². The molecule has 5 nitrogen and oxygen atoms in total. The molecular weight excluding hydrogens is 216 g/mol. The highest BCUT2D eigenvalue weighted by molar-refractivity contribution is 5.57. The maximum Gasteiger partial charge on any atom is 0.134 e. The van der Waals surface area contributed by atoms with Crippen molar-refractivity contribution >= 4 is 11.6 Å². The van der Waals surface area contributed by atoms with Gasteiger partial charge in [0, 0.05) is 25.8 Å². The smallest absolute Gasteiger partial charge is 0.134 e. The van der Waals surface area contributed by atoms with Gasteiger partial charge >= 0.3 is 0 Å². The second kappa shape index (κ2) is 7.84. The summed E-state index contributed by atoms with van der Waals surface area (Å²) < 4.78 is 5.02. The largest absolute Gasteiger partial charge is 0.383 e. The molecule has 0 unspecified atom stereocenters. The Balaban J connectivity index is 2.81. The molecule has 0 bridgehead atoms. The number of anilines is 2. The molecule has 0 aromatic carbocycles. The molecule has 2 N–H and O–H groups in total. The van der Waals surface area contributed by atoms with Crippen LogP contribution in [0, 0.1) is 0 Å². The summed E-state index contributed by atoms with van der Waals surface area (Å²) in [6.07, 6.45) is 3.63. The van der Waals surface area contributed by atoms with Crippen LogP contribution in [0.15, 0.2) is 6.33 Å². The van der Waals surface area contributed by atoms with Crippen LogP contribution in [0.4, 0.5) is 11.6 Å². The summed E-state index contributed by atoms with van der Waals surface area (Å²) in [5, 5.41) is 6.55. The van der Waals surface area contributed by atoms with Gasteiger partial charge in [-0.05, 0) is 13.3 Å². The Kier molecular flexibility index (Phi) is 6.32. The van der Waals surface area contributed by atoms with E-state index < -0.39 is 0 Å². The fraction of sp³-hybridized carbons (Fsp3) is 0.667. The molecule has 1 aromatic rings. The van der Waals surface area contributed by atoms with Gasteiger partial charge in [0.25, 0.3) is 0 Å². The van der Waals surface area contributed by atoms with Crippen molar-refractivity contribution in [1.82, 2.24) is 9.97 Å². The molecule has 0 atom stereocenters. The van der Waals surface area contributed by atoms with Gasteiger partial charge in [0.1, 0.15) is 18.0 Å². The van der Waals surface area contributed by atoms with Gasteiger partial charge in [-0.2, -0.15) is 0 Å². The predicted molar refractivity (Wildman–Crippen MR) is 70.6 cm³/mol. The zero-order chi connectivity index (χ0) is 12.5. The van der Waals surface area contributed by atoms with E-state index in [1.54, 1.807) is 13.4 Å². The first-order chi connectivity index (χ1) is 8.33. The maximum absolute atomic E-state index is 5.02. The summed E-state index contributed by atoms with van der Waals surface area (Å²) in [5.41, 5.74) is 1.16. The molecule has 0 aliphatic carbocycles. The molecule has 17 heavy (non-hydrogen) atoms. The van der Waals surface area contributed by atoms with Gasteiger partial charge in [-0.3, -0.25) is 0 Å². The molecule has 0 fully saturated rings. The number of methoxy groups -OCH3 is 1. The zero-order valence-corrected chi connectivity index (χ0v) is 10.9. The quantitative estimate of drug-likeness (QED) is 0.678. The maximum atomic E-state index is 5.02. The fourth-order valence-corrected chi connectivity index (χ4v) is 1.64. The highest BCUT2D eigenvalue weighted by Gasteiger charge is 2.09. The van der Waals surface area contributed by atoms with Crippen LogP contribution in [-0.2, 0) is 11.2 Å². The SMILES string of the molecule is CCCc1c(NCC)ncnc1NCCOC. The summed E-state index contributed by atoms with van der Waals surface area (Å²) >= 11 is 0. The Hall–Kier alpha value is -1.36. The molecule has 0 saturated heterocycles. The molecule has 0 amide bonds. The number of hydrogen-bond donors (Lipinski definition) is 2. The second-order valence-electron chi connectivity index (χ2n) is 3.75. The van der Waals surface area contributed by atoms with Crippen molar-refractivity contribution in [2.75, 3.05) is 37.4 Å². The van der Waals surface area contributed by atoms with Gasteiger partial charge in [-0.15, -0.1) is 0 Å². The summed E-state index contributed by atoms with van der Waals surface area (Å²) in [4.78, 5) is 8.58. The molecule has 0 aliphatic rings. The lowest BCUT2D eigenvalue weighted by Gasteiger charge is -2.14. The first-order valence-electron chi connectivity index (χ1n) is 6.14. The Labute approximate surface area is 103 Å². The Morgan fingerprint density at radius 2 is 1.88 bits per heavy atom. The summed E-state index contributed by atoms with van der Waals surface area (Å²) in [6.45, 7) is 6.52. The average Bonchev–Trinajstić information content (AvgIpc) is 2.33. The van der Waals surface area contributed by atoms with Crippen LogP contribution in [0.5, 0.6) is 0 Å². The molecule has 5 heteroatoms. The normalized spacial score (nSPS) is 10.3. The topological polar surface area (TPSA) is 59.1 Å². The third-order valence-corrected chi connectivity index (χ3v) is 2.39. The van der Waals surface area contributed by atoms with Gasteiger partial charge in [0.2, 0.25) is 0 Å². The van der Waals surface area contributed by atoms with Gasteiger partial charge in [-0.25, -0.2) is 9.97 Å². The van der Waals surface area contributed by atoms with E-state index in [4.69, 9.17) is 4.74 Å². The molecule has 0 radical (unpaired) electrons. The van der Waals surface area contributed by atoms with Crippen LogP contribution in [0.25, 0.3) is 0 Å². The summed E-state index contributed by atoms with van der Waals surface area (Å²) in [6, 6.07) is 0. The molecule has 0 saturated carbocycles.